The molecule has 3 aromatic rings. The summed E-state index contributed by atoms with van der Waals surface area (Å²) in [7, 11) is 2.95. The summed E-state index contributed by atoms with van der Waals surface area (Å²) in [6.45, 7) is 5.98. The van der Waals surface area contributed by atoms with Crippen molar-refractivity contribution < 1.29 is 34.0 Å². The first-order valence-electron chi connectivity index (χ1n) is 12.1. The SMILES string of the molecule is COc1ccc(/C(O)=C2/C(=O)C(=O)N(Cc3ccc(OC(C)(C)C)cc3)C2c2ccc(O)cc2)c(OC)c1. The number of ketones is 1. The van der Waals surface area contributed by atoms with E-state index < -0.39 is 17.7 Å². The fourth-order valence-corrected chi connectivity index (χ4v) is 4.40. The number of rotatable bonds is 7. The van der Waals surface area contributed by atoms with Crippen molar-refractivity contribution in [1.29, 1.82) is 0 Å². The summed E-state index contributed by atoms with van der Waals surface area (Å²) in [5.74, 6) is -0.405. The van der Waals surface area contributed by atoms with Gasteiger partial charge in [-0.2, -0.15) is 0 Å². The van der Waals surface area contributed by atoms with Crippen LogP contribution in [-0.2, 0) is 16.1 Å². The molecular weight excluding hydrogens is 486 g/mol. The molecular formula is C30H31NO7. The van der Waals surface area contributed by atoms with Gasteiger partial charge in [-0.3, -0.25) is 9.59 Å². The number of amides is 1. The molecule has 4 rings (SSSR count). The predicted octanol–water partition coefficient (Wildman–Crippen LogP) is 5.21. The first kappa shape index (κ1) is 26.6. The van der Waals surface area contributed by atoms with Crippen LogP contribution in [0.25, 0.3) is 5.76 Å². The molecule has 2 N–H and O–H groups in total. The minimum Gasteiger partial charge on any atom is -0.508 e. The number of methoxy groups -OCH3 is 2. The third-order valence-electron chi connectivity index (χ3n) is 6.11. The van der Waals surface area contributed by atoms with Crippen molar-refractivity contribution in [2.75, 3.05) is 14.2 Å². The van der Waals surface area contributed by atoms with Crippen molar-refractivity contribution in [3.8, 4) is 23.0 Å². The molecule has 0 bridgehead atoms. The monoisotopic (exact) mass is 517 g/mol. The van der Waals surface area contributed by atoms with Gasteiger partial charge >= 0.3 is 0 Å². The van der Waals surface area contributed by atoms with E-state index in [4.69, 9.17) is 14.2 Å². The number of aliphatic hydroxyl groups excluding tert-OH is 1. The lowest BCUT2D eigenvalue weighted by Crippen LogP contribution is -2.29. The van der Waals surface area contributed by atoms with Crippen molar-refractivity contribution in [2.24, 2.45) is 0 Å². The second-order valence-electron chi connectivity index (χ2n) is 9.94. The molecule has 0 spiro atoms. The maximum Gasteiger partial charge on any atom is 0.295 e. The maximum absolute atomic E-state index is 13.4. The van der Waals surface area contributed by atoms with Gasteiger partial charge in [0.25, 0.3) is 11.7 Å². The van der Waals surface area contributed by atoms with Crippen LogP contribution in [0.15, 0.2) is 72.3 Å². The number of hydrogen-bond donors (Lipinski definition) is 2. The number of ether oxygens (including phenoxy) is 3. The standard InChI is InChI=1S/C30H31NO7/c1-30(2,3)38-21-12-6-18(7-13-21)17-31-26(19-8-10-20(32)11-9-19)25(28(34)29(31)35)27(33)23-15-14-22(36-4)16-24(23)37-5/h6-16,26,32-33H,17H2,1-5H3/b27-25-. The van der Waals surface area contributed by atoms with Gasteiger partial charge in [0.15, 0.2) is 0 Å². The minimum atomic E-state index is -0.895. The van der Waals surface area contributed by atoms with Crippen molar-refractivity contribution >= 4 is 17.4 Å². The van der Waals surface area contributed by atoms with Gasteiger partial charge in [-0.25, -0.2) is 0 Å². The Labute approximate surface area is 221 Å². The van der Waals surface area contributed by atoms with Crippen molar-refractivity contribution in [2.45, 2.75) is 39.0 Å². The average molecular weight is 518 g/mol. The van der Waals surface area contributed by atoms with Crippen LogP contribution in [0, 0.1) is 0 Å². The lowest BCUT2D eigenvalue weighted by molar-refractivity contribution is -0.140. The molecule has 0 aliphatic carbocycles. The summed E-state index contributed by atoms with van der Waals surface area (Å²) in [6, 6.07) is 17.4. The smallest absolute Gasteiger partial charge is 0.295 e. The molecule has 1 saturated heterocycles. The molecule has 38 heavy (non-hydrogen) atoms. The van der Waals surface area contributed by atoms with E-state index in [0.717, 1.165) is 5.56 Å². The lowest BCUT2D eigenvalue weighted by atomic mass is 9.94. The Balaban J connectivity index is 1.79. The Morgan fingerprint density at radius 3 is 2.11 bits per heavy atom. The number of Topliss-reactive ketones (excluding diaryl/α,β-unsaturated/α-hetero) is 1. The molecule has 1 aliphatic heterocycles. The third-order valence-corrected chi connectivity index (χ3v) is 6.11. The van der Waals surface area contributed by atoms with E-state index in [-0.39, 0.29) is 40.5 Å². The number of aromatic hydroxyl groups is 1. The van der Waals surface area contributed by atoms with Crippen LogP contribution in [0.2, 0.25) is 0 Å². The van der Waals surface area contributed by atoms with Gasteiger partial charge in [0.1, 0.15) is 34.4 Å². The van der Waals surface area contributed by atoms with Crippen LogP contribution in [0.1, 0.15) is 43.5 Å². The molecule has 1 fully saturated rings. The van der Waals surface area contributed by atoms with Gasteiger partial charge in [0.2, 0.25) is 0 Å². The quantitative estimate of drug-likeness (QED) is 0.252. The van der Waals surface area contributed by atoms with Crippen LogP contribution in [0.5, 0.6) is 23.0 Å². The van der Waals surface area contributed by atoms with Crippen LogP contribution in [-0.4, -0.2) is 46.6 Å². The fourth-order valence-electron chi connectivity index (χ4n) is 4.40. The average Bonchev–Trinajstić information content (AvgIpc) is 3.13. The molecule has 1 amide bonds. The Bertz CT molecular complexity index is 1370. The molecule has 1 aliphatic rings. The second kappa shape index (κ2) is 10.5. The highest BCUT2D eigenvalue weighted by Gasteiger charge is 2.46. The van der Waals surface area contributed by atoms with Crippen LogP contribution in [0.4, 0.5) is 0 Å². The van der Waals surface area contributed by atoms with E-state index in [1.54, 1.807) is 30.3 Å². The molecule has 3 aromatic carbocycles. The van der Waals surface area contributed by atoms with Gasteiger partial charge in [-0.1, -0.05) is 24.3 Å². The van der Waals surface area contributed by atoms with Crippen LogP contribution < -0.4 is 14.2 Å². The number of benzene rings is 3. The molecule has 1 heterocycles. The largest absolute Gasteiger partial charge is 0.508 e. The highest BCUT2D eigenvalue weighted by atomic mass is 16.5. The van der Waals surface area contributed by atoms with Gasteiger partial charge in [0, 0.05) is 12.6 Å². The van der Waals surface area contributed by atoms with Gasteiger partial charge in [-0.05, 0) is 68.3 Å². The Morgan fingerprint density at radius 1 is 0.895 bits per heavy atom. The predicted molar refractivity (Wildman–Crippen MR) is 142 cm³/mol. The van der Waals surface area contributed by atoms with E-state index in [9.17, 15) is 19.8 Å². The van der Waals surface area contributed by atoms with Gasteiger partial charge in [-0.15, -0.1) is 0 Å². The zero-order valence-corrected chi connectivity index (χ0v) is 22.0. The van der Waals surface area contributed by atoms with Crippen molar-refractivity contribution in [3.05, 3.63) is 89.0 Å². The van der Waals surface area contributed by atoms with Crippen LogP contribution >= 0.6 is 0 Å². The number of hydrogen-bond acceptors (Lipinski definition) is 7. The van der Waals surface area contributed by atoms with Gasteiger partial charge < -0.3 is 29.3 Å². The minimum absolute atomic E-state index is 0.0389. The van der Waals surface area contributed by atoms with E-state index in [1.807, 2.05) is 45.0 Å². The number of likely N-dealkylation sites (tertiary alicyclic amines) is 1. The summed E-state index contributed by atoms with van der Waals surface area (Å²) >= 11 is 0. The number of phenols is 1. The summed E-state index contributed by atoms with van der Waals surface area (Å²) in [6.07, 6.45) is 0. The van der Waals surface area contributed by atoms with Crippen molar-refractivity contribution in [3.63, 3.8) is 0 Å². The van der Waals surface area contributed by atoms with Gasteiger partial charge in [0.05, 0.1) is 31.4 Å². The van der Waals surface area contributed by atoms with E-state index in [0.29, 0.717) is 17.1 Å². The molecule has 0 aromatic heterocycles. The Kier molecular flexibility index (Phi) is 7.35. The zero-order chi connectivity index (χ0) is 27.6. The first-order valence-corrected chi connectivity index (χ1v) is 12.1. The zero-order valence-electron chi connectivity index (χ0n) is 22.0. The maximum atomic E-state index is 13.4. The van der Waals surface area contributed by atoms with Crippen molar-refractivity contribution in [1.82, 2.24) is 4.90 Å². The normalized spacial score (nSPS) is 17.0. The van der Waals surface area contributed by atoms with E-state index >= 15 is 0 Å². The molecule has 198 valence electrons. The summed E-state index contributed by atoms with van der Waals surface area (Å²) in [5, 5.41) is 21.2. The number of carbonyl (C=O) groups is 2. The highest BCUT2D eigenvalue weighted by Crippen LogP contribution is 2.42. The number of aliphatic hydroxyl groups is 1. The molecule has 1 atom stereocenters. The number of carbonyl (C=O) groups excluding carboxylic acids is 2. The molecule has 0 saturated carbocycles. The van der Waals surface area contributed by atoms with E-state index in [2.05, 4.69) is 0 Å². The fraction of sp³-hybridized carbons (Fsp3) is 0.267. The third kappa shape index (κ3) is 5.44. The summed E-state index contributed by atoms with van der Waals surface area (Å²) in [4.78, 5) is 28.1. The molecule has 1 unspecified atom stereocenters. The van der Waals surface area contributed by atoms with Crippen LogP contribution in [0.3, 0.4) is 0 Å². The second-order valence-corrected chi connectivity index (χ2v) is 9.94. The Morgan fingerprint density at radius 2 is 1.53 bits per heavy atom. The topological polar surface area (TPSA) is 106 Å². The molecule has 0 radical (unpaired) electrons. The summed E-state index contributed by atoms with van der Waals surface area (Å²) in [5.41, 5.74) is 1.15. The molecule has 8 nitrogen and oxygen atoms in total. The van der Waals surface area contributed by atoms with E-state index in [1.165, 1.54) is 31.3 Å². The highest BCUT2D eigenvalue weighted by molar-refractivity contribution is 6.46. The Hall–Kier alpha value is -4.46. The summed E-state index contributed by atoms with van der Waals surface area (Å²) < 4.78 is 16.5. The number of nitrogens with zero attached hydrogens (tertiary/aromatic N) is 1. The molecule has 8 heteroatoms. The lowest BCUT2D eigenvalue weighted by Gasteiger charge is -2.26. The first-order chi connectivity index (χ1) is 18.0. The number of phenolic OH excluding ortho intramolecular Hbond substituents is 1.